The summed E-state index contributed by atoms with van der Waals surface area (Å²) >= 11 is 0. The molecule has 2 aromatic rings. The number of aliphatic imine (C=N–C) groups is 1. The van der Waals surface area contributed by atoms with Crippen LogP contribution in [0.25, 0.3) is 11.9 Å². The zero-order valence-electron chi connectivity index (χ0n) is 14.0. The first kappa shape index (κ1) is 18.9. The minimum atomic E-state index is -2.88. The van der Waals surface area contributed by atoms with E-state index in [4.69, 9.17) is 4.74 Å². The molecule has 27 heavy (non-hydrogen) atoms. The van der Waals surface area contributed by atoms with E-state index in [1.165, 1.54) is 19.3 Å². The fourth-order valence-electron chi connectivity index (χ4n) is 2.32. The van der Waals surface area contributed by atoms with Crippen LogP contribution >= 0.6 is 0 Å². The van der Waals surface area contributed by atoms with Crippen molar-refractivity contribution in [3.8, 4) is 5.88 Å². The average molecular weight is 387 g/mol. The Labute approximate surface area is 150 Å². The van der Waals surface area contributed by atoms with Crippen LogP contribution in [0.4, 0.5) is 22.0 Å². The Morgan fingerprint density at radius 3 is 2.74 bits per heavy atom. The van der Waals surface area contributed by atoms with Crippen LogP contribution in [-0.2, 0) is 0 Å². The largest absolute Gasteiger partial charge is 0.475 e. The molecule has 1 unspecified atom stereocenters. The summed E-state index contributed by atoms with van der Waals surface area (Å²) in [5.74, 6) is -5.50. The van der Waals surface area contributed by atoms with Gasteiger partial charge in [0.15, 0.2) is 5.82 Å². The summed E-state index contributed by atoms with van der Waals surface area (Å²) in [7, 11) is 0. The number of hydrogen-bond donors (Lipinski definition) is 0. The molecule has 3 rings (SSSR count). The van der Waals surface area contributed by atoms with Crippen LogP contribution < -0.4 is 4.74 Å². The van der Waals surface area contributed by atoms with Crippen molar-refractivity contribution in [2.45, 2.75) is 25.7 Å². The lowest BCUT2D eigenvalue weighted by Gasteiger charge is -2.09. The molecule has 144 valence electrons. The Balaban J connectivity index is 1.83. The summed E-state index contributed by atoms with van der Waals surface area (Å²) in [5.41, 5.74) is 0.159. The fraction of sp³-hybridized carbons (Fsp3) is 0.375. The molecule has 6 nitrogen and oxygen atoms in total. The first-order valence-corrected chi connectivity index (χ1v) is 7.77. The van der Waals surface area contributed by atoms with E-state index >= 15 is 0 Å². The van der Waals surface area contributed by atoms with Gasteiger partial charge in [-0.05, 0) is 19.7 Å². The maximum Gasteiger partial charge on any atom is 0.297 e. The Hall–Kier alpha value is -2.85. The minimum absolute atomic E-state index is 0.0338. The van der Waals surface area contributed by atoms with E-state index in [9.17, 15) is 22.0 Å². The first-order valence-electron chi connectivity index (χ1n) is 7.77. The number of ether oxygens (including phenoxy) is 1. The number of aromatic nitrogens is 4. The lowest BCUT2D eigenvalue weighted by Crippen LogP contribution is -2.08. The summed E-state index contributed by atoms with van der Waals surface area (Å²) in [5, 5.41) is 6.94. The van der Waals surface area contributed by atoms with Gasteiger partial charge in [-0.3, -0.25) is 9.56 Å². The number of halogens is 5. The van der Waals surface area contributed by atoms with Crippen molar-refractivity contribution in [2.24, 2.45) is 10.9 Å². The summed E-state index contributed by atoms with van der Waals surface area (Å²) < 4.78 is 71.8. The molecule has 11 heteroatoms. The highest BCUT2D eigenvalue weighted by Crippen LogP contribution is 2.48. The van der Waals surface area contributed by atoms with E-state index in [0.29, 0.717) is 0 Å². The van der Waals surface area contributed by atoms with Crippen molar-refractivity contribution in [2.75, 3.05) is 6.61 Å². The highest BCUT2D eigenvalue weighted by molar-refractivity contribution is 5.77. The molecule has 0 N–H and O–H groups in total. The molecular formula is C16H14F5N5O. The minimum Gasteiger partial charge on any atom is -0.475 e. The summed E-state index contributed by atoms with van der Waals surface area (Å²) in [6.45, 7) is 4.44. The van der Waals surface area contributed by atoms with Gasteiger partial charge in [-0.1, -0.05) is 0 Å². The standard InChI is InChI=1S/C16H14F5N5O/c1-8-24-25-14(13(18)19)26(8)6-12(22-2)9-3-11(17)15(23-5-9)27-7-10-4-16(10,20)21/h3,5-6,10,13H,2,4,7H2,1H3/b12-6-. The van der Waals surface area contributed by atoms with Gasteiger partial charge in [0.25, 0.3) is 12.3 Å². The number of aryl methyl sites for hydroxylation is 1. The van der Waals surface area contributed by atoms with Crippen molar-refractivity contribution >= 4 is 18.6 Å². The Kier molecular flexibility index (Phi) is 4.94. The molecule has 2 heterocycles. The third-order valence-corrected chi connectivity index (χ3v) is 3.99. The molecule has 1 aliphatic rings. The first-order chi connectivity index (χ1) is 12.7. The highest BCUT2D eigenvalue weighted by atomic mass is 19.3. The average Bonchev–Trinajstić information content (AvgIpc) is 3.05. The number of pyridine rings is 1. The maximum absolute atomic E-state index is 14.2. The predicted molar refractivity (Wildman–Crippen MR) is 86.2 cm³/mol. The molecule has 0 aromatic carbocycles. The van der Waals surface area contributed by atoms with E-state index in [1.54, 1.807) is 0 Å². The third-order valence-electron chi connectivity index (χ3n) is 3.99. The lowest BCUT2D eigenvalue weighted by atomic mass is 10.2. The van der Waals surface area contributed by atoms with Crippen LogP contribution in [0.2, 0.25) is 0 Å². The van der Waals surface area contributed by atoms with Crippen LogP contribution in [-0.4, -0.2) is 39.0 Å². The van der Waals surface area contributed by atoms with E-state index in [1.807, 2.05) is 0 Å². The quantitative estimate of drug-likeness (QED) is 0.536. The van der Waals surface area contributed by atoms with Gasteiger partial charge in [0.1, 0.15) is 5.82 Å². The van der Waals surface area contributed by atoms with Crippen LogP contribution in [0.5, 0.6) is 5.88 Å². The molecule has 0 bridgehead atoms. The monoisotopic (exact) mass is 387 g/mol. The van der Waals surface area contributed by atoms with E-state index in [-0.39, 0.29) is 30.1 Å². The Bertz CT molecular complexity index is 895. The molecular weight excluding hydrogens is 373 g/mol. The van der Waals surface area contributed by atoms with Gasteiger partial charge in [0.2, 0.25) is 11.7 Å². The number of rotatable bonds is 7. The number of nitrogens with zero attached hydrogens (tertiary/aromatic N) is 5. The summed E-state index contributed by atoms with van der Waals surface area (Å²) in [6, 6.07) is 0.996. The molecule has 0 aliphatic heterocycles. The molecule has 1 fully saturated rings. The second kappa shape index (κ2) is 7.05. The van der Waals surface area contributed by atoms with Crippen LogP contribution in [0.3, 0.4) is 0 Å². The predicted octanol–water partition coefficient (Wildman–Crippen LogP) is 3.75. The van der Waals surface area contributed by atoms with Gasteiger partial charge in [-0.2, -0.15) is 0 Å². The second-order valence-corrected chi connectivity index (χ2v) is 5.93. The molecule has 0 saturated heterocycles. The van der Waals surface area contributed by atoms with Gasteiger partial charge in [-0.15, -0.1) is 10.2 Å². The smallest absolute Gasteiger partial charge is 0.297 e. The van der Waals surface area contributed by atoms with Crippen LogP contribution in [0.15, 0.2) is 17.3 Å². The summed E-state index contributed by atoms with van der Waals surface area (Å²) in [6.07, 6.45) is -0.832. The lowest BCUT2D eigenvalue weighted by molar-refractivity contribution is 0.0842. The topological polar surface area (TPSA) is 65.2 Å². The van der Waals surface area contributed by atoms with E-state index in [2.05, 4.69) is 26.9 Å². The molecule has 1 atom stereocenters. The second-order valence-electron chi connectivity index (χ2n) is 5.93. The Morgan fingerprint density at radius 2 is 2.19 bits per heavy atom. The summed E-state index contributed by atoms with van der Waals surface area (Å²) in [4.78, 5) is 7.44. The van der Waals surface area contributed by atoms with Crippen molar-refractivity contribution in [1.82, 2.24) is 19.7 Å². The molecule has 1 aliphatic carbocycles. The van der Waals surface area contributed by atoms with Gasteiger partial charge < -0.3 is 4.74 Å². The zero-order valence-corrected chi connectivity index (χ0v) is 14.0. The SMILES string of the molecule is C=N/C(=C\n1c(C)nnc1C(F)F)c1cnc(OCC2CC2(F)F)c(F)c1. The van der Waals surface area contributed by atoms with Gasteiger partial charge >= 0.3 is 0 Å². The van der Waals surface area contributed by atoms with Gasteiger partial charge in [-0.25, -0.2) is 26.9 Å². The molecule has 2 aromatic heterocycles. The third kappa shape index (κ3) is 3.96. The molecule has 0 radical (unpaired) electrons. The molecule has 0 amide bonds. The van der Waals surface area contributed by atoms with Gasteiger partial charge in [0.05, 0.1) is 18.2 Å². The normalized spacial score (nSPS) is 18.6. The van der Waals surface area contributed by atoms with Crippen molar-refractivity contribution < 1.29 is 26.7 Å². The van der Waals surface area contributed by atoms with Gasteiger partial charge in [0, 0.05) is 24.4 Å². The zero-order chi connectivity index (χ0) is 19.8. The van der Waals surface area contributed by atoms with Crippen molar-refractivity contribution in [3.05, 3.63) is 35.3 Å². The van der Waals surface area contributed by atoms with Crippen molar-refractivity contribution in [3.63, 3.8) is 0 Å². The molecule has 0 spiro atoms. The maximum atomic E-state index is 14.2. The number of alkyl halides is 4. The van der Waals surface area contributed by atoms with E-state index in [0.717, 1.165) is 10.6 Å². The molecule has 1 saturated carbocycles. The van der Waals surface area contributed by atoms with Crippen molar-refractivity contribution in [1.29, 1.82) is 0 Å². The van der Waals surface area contributed by atoms with E-state index < -0.39 is 35.8 Å². The number of hydrogen-bond acceptors (Lipinski definition) is 5. The fourth-order valence-corrected chi connectivity index (χ4v) is 2.32. The highest BCUT2D eigenvalue weighted by Gasteiger charge is 2.57. The van der Waals surface area contributed by atoms with Crippen LogP contribution in [0, 0.1) is 18.7 Å². The Morgan fingerprint density at radius 1 is 1.48 bits per heavy atom. The van der Waals surface area contributed by atoms with Crippen LogP contribution in [0.1, 0.15) is 30.1 Å².